The Bertz CT molecular complexity index is 1360. The molecule has 0 fully saturated rings. The monoisotopic (exact) mass is 482 g/mol. The van der Waals surface area contributed by atoms with Crippen LogP contribution >= 0.6 is 0 Å². The van der Waals surface area contributed by atoms with E-state index in [4.69, 9.17) is 4.74 Å². The molecular formula is C30H30N2O4. The standard InChI is InChI=1S/C30H30N2O4/c1-3-19(2)32(28(29(33)34)16-20-17-31-27-15-9-8-10-21(20)27)30(35)36-18-26-24-13-6-4-11-22(24)23-12-5-7-14-25(23)26/h4-15,17,19,26,28,31H,3,16,18H2,1-2H3,(H,33,34)/t19?,28-/m0/s1. The molecule has 6 nitrogen and oxygen atoms in total. The van der Waals surface area contributed by atoms with Crippen LogP contribution < -0.4 is 0 Å². The summed E-state index contributed by atoms with van der Waals surface area (Å²) in [6.45, 7) is 3.96. The maximum Gasteiger partial charge on any atom is 0.410 e. The molecule has 1 amide bonds. The summed E-state index contributed by atoms with van der Waals surface area (Å²) in [4.78, 5) is 30.5. The summed E-state index contributed by atoms with van der Waals surface area (Å²) in [6, 6.07) is 22.7. The van der Waals surface area contributed by atoms with Gasteiger partial charge in [0.05, 0.1) is 0 Å². The van der Waals surface area contributed by atoms with Gasteiger partial charge in [-0.05, 0) is 47.2 Å². The van der Waals surface area contributed by atoms with Crippen LogP contribution in [0.4, 0.5) is 4.79 Å². The van der Waals surface area contributed by atoms with Crippen molar-refractivity contribution >= 4 is 23.0 Å². The van der Waals surface area contributed by atoms with Crippen molar-refractivity contribution in [2.45, 2.75) is 44.7 Å². The normalized spacial score (nSPS) is 14.2. The van der Waals surface area contributed by atoms with Crippen LogP contribution in [0.1, 0.15) is 42.9 Å². The fourth-order valence-corrected chi connectivity index (χ4v) is 5.29. The second-order valence-corrected chi connectivity index (χ2v) is 9.39. The predicted molar refractivity (Wildman–Crippen MR) is 140 cm³/mol. The van der Waals surface area contributed by atoms with Crippen molar-refractivity contribution in [3.05, 3.63) is 95.7 Å². The van der Waals surface area contributed by atoms with Crippen LogP contribution in [-0.4, -0.2) is 45.7 Å². The van der Waals surface area contributed by atoms with Gasteiger partial charge in [0.15, 0.2) is 0 Å². The number of aromatic nitrogens is 1. The zero-order valence-corrected chi connectivity index (χ0v) is 20.5. The maximum absolute atomic E-state index is 13.5. The van der Waals surface area contributed by atoms with E-state index in [2.05, 4.69) is 29.2 Å². The molecule has 1 aliphatic rings. The highest BCUT2D eigenvalue weighted by Gasteiger charge is 2.36. The van der Waals surface area contributed by atoms with E-state index in [1.54, 1.807) is 0 Å². The third-order valence-corrected chi connectivity index (χ3v) is 7.32. The van der Waals surface area contributed by atoms with Gasteiger partial charge in [-0.1, -0.05) is 73.7 Å². The van der Waals surface area contributed by atoms with Crippen molar-refractivity contribution in [1.82, 2.24) is 9.88 Å². The molecule has 3 aromatic carbocycles. The van der Waals surface area contributed by atoms with Gasteiger partial charge in [-0.15, -0.1) is 0 Å². The Morgan fingerprint density at radius 2 is 1.58 bits per heavy atom. The minimum Gasteiger partial charge on any atom is -0.480 e. The number of fused-ring (bicyclic) bond motifs is 4. The molecule has 1 heterocycles. The summed E-state index contributed by atoms with van der Waals surface area (Å²) in [5.41, 5.74) is 6.34. The average molecular weight is 483 g/mol. The van der Waals surface area contributed by atoms with Gasteiger partial charge in [0.2, 0.25) is 0 Å². The van der Waals surface area contributed by atoms with E-state index < -0.39 is 18.1 Å². The fourth-order valence-electron chi connectivity index (χ4n) is 5.29. The number of carbonyl (C=O) groups is 2. The largest absolute Gasteiger partial charge is 0.480 e. The summed E-state index contributed by atoms with van der Waals surface area (Å²) in [5.74, 6) is -1.13. The second-order valence-electron chi connectivity index (χ2n) is 9.39. The van der Waals surface area contributed by atoms with Crippen LogP contribution in [0.15, 0.2) is 79.0 Å². The van der Waals surface area contributed by atoms with Crippen molar-refractivity contribution in [1.29, 1.82) is 0 Å². The molecule has 0 aliphatic heterocycles. The van der Waals surface area contributed by atoms with E-state index >= 15 is 0 Å². The highest BCUT2D eigenvalue weighted by atomic mass is 16.6. The highest BCUT2D eigenvalue weighted by molar-refractivity contribution is 5.86. The number of aromatic amines is 1. The Labute approximate surface area is 210 Å². The number of rotatable bonds is 8. The first kappa shape index (κ1) is 23.7. The summed E-state index contributed by atoms with van der Waals surface area (Å²) in [5, 5.41) is 11.1. The molecule has 36 heavy (non-hydrogen) atoms. The number of nitrogens with one attached hydrogen (secondary N) is 1. The lowest BCUT2D eigenvalue weighted by molar-refractivity contribution is -0.143. The second kappa shape index (κ2) is 9.90. The Kier molecular flexibility index (Phi) is 6.51. The van der Waals surface area contributed by atoms with Crippen molar-refractivity contribution in [2.24, 2.45) is 0 Å². The molecule has 2 N–H and O–H groups in total. The Morgan fingerprint density at radius 3 is 2.22 bits per heavy atom. The predicted octanol–water partition coefficient (Wildman–Crippen LogP) is 6.21. The number of ether oxygens (including phenoxy) is 1. The SMILES string of the molecule is CCC(C)N(C(=O)OCC1c2ccccc2-c2ccccc21)[C@@H](Cc1c[nH]c2ccccc12)C(=O)O. The smallest absolute Gasteiger partial charge is 0.410 e. The van der Waals surface area contributed by atoms with Gasteiger partial charge >= 0.3 is 12.1 Å². The molecule has 0 radical (unpaired) electrons. The minimum absolute atomic E-state index is 0.0861. The number of hydrogen-bond donors (Lipinski definition) is 2. The third kappa shape index (κ3) is 4.24. The number of carbonyl (C=O) groups excluding carboxylic acids is 1. The molecule has 1 aliphatic carbocycles. The van der Waals surface area contributed by atoms with Gasteiger partial charge in [-0.3, -0.25) is 4.90 Å². The zero-order chi connectivity index (χ0) is 25.2. The van der Waals surface area contributed by atoms with E-state index in [1.807, 2.05) is 68.6 Å². The van der Waals surface area contributed by atoms with Gasteiger partial charge in [0, 0.05) is 35.5 Å². The van der Waals surface area contributed by atoms with Crippen molar-refractivity contribution in [3.63, 3.8) is 0 Å². The van der Waals surface area contributed by atoms with E-state index in [0.717, 1.165) is 38.7 Å². The number of H-pyrrole nitrogens is 1. The molecular weight excluding hydrogens is 452 g/mol. The number of carboxylic acid groups (broad SMARTS) is 1. The summed E-state index contributed by atoms with van der Waals surface area (Å²) < 4.78 is 5.88. The lowest BCUT2D eigenvalue weighted by Gasteiger charge is -2.33. The Hall–Kier alpha value is -4.06. The molecule has 5 rings (SSSR count). The fraction of sp³-hybridized carbons (Fsp3) is 0.267. The maximum atomic E-state index is 13.5. The molecule has 2 atom stereocenters. The number of nitrogens with zero attached hydrogens (tertiary/aromatic N) is 1. The molecule has 0 spiro atoms. The van der Waals surface area contributed by atoms with Gasteiger partial charge in [-0.2, -0.15) is 0 Å². The lowest BCUT2D eigenvalue weighted by Crippen LogP contribution is -2.51. The number of aliphatic carboxylic acids is 1. The molecule has 6 heteroatoms. The minimum atomic E-state index is -1.05. The lowest BCUT2D eigenvalue weighted by atomic mass is 9.98. The summed E-state index contributed by atoms with van der Waals surface area (Å²) >= 11 is 0. The first-order chi connectivity index (χ1) is 17.5. The first-order valence-corrected chi connectivity index (χ1v) is 12.4. The van der Waals surface area contributed by atoms with Crippen molar-refractivity contribution < 1.29 is 19.4 Å². The number of para-hydroxylation sites is 1. The van der Waals surface area contributed by atoms with E-state index in [1.165, 1.54) is 4.90 Å². The molecule has 0 saturated heterocycles. The summed E-state index contributed by atoms with van der Waals surface area (Å²) in [6.07, 6.45) is 2.03. The van der Waals surface area contributed by atoms with Gasteiger partial charge in [0.25, 0.3) is 0 Å². The summed E-state index contributed by atoms with van der Waals surface area (Å²) in [7, 11) is 0. The van der Waals surface area contributed by atoms with Crippen molar-refractivity contribution in [3.8, 4) is 11.1 Å². The number of hydrogen-bond acceptors (Lipinski definition) is 3. The molecule has 1 aromatic heterocycles. The van der Waals surface area contributed by atoms with Crippen molar-refractivity contribution in [2.75, 3.05) is 6.61 Å². The number of benzene rings is 3. The average Bonchev–Trinajstić information content (AvgIpc) is 3.45. The molecule has 4 aromatic rings. The highest BCUT2D eigenvalue weighted by Crippen LogP contribution is 2.44. The first-order valence-electron chi connectivity index (χ1n) is 12.4. The number of carboxylic acids is 1. The Morgan fingerprint density at radius 1 is 0.972 bits per heavy atom. The van der Waals surface area contributed by atoms with Gasteiger partial charge in [0.1, 0.15) is 12.6 Å². The topological polar surface area (TPSA) is 82.6 Å². The van der Waals surface area contributed by atoms with Crippen LogP contribution in [0.25, 0.3) is 22.0 Å². The van der Waals surface area contributed by atoms with Crippen LogP contribution in [0.3, 0.4) is 0 Å². The quantitative estimate of drug-likeness (QED) is 0.313. The Balaban J connectivity index is 1.40. The van der Waals surface area contributed by atoms with E-state index in [0.29, 0.717) is 6.42 Å². The van der Waals surface area contributed by atoms with Gasteiger partial charge in [-0.25, -0.2) is 9.59 Å². The van der Waals surface area contributed by atoms with Crippen LogP contribution in [0.2, 0.25) is 0 Å². The third-order valence-electron chi connectivity index (χ3n) is 7.32. The molecule has 1 unspecified atom stereocenters. The molecule has 184 valence electrons. The zero-order valence-electron chi connectivity index (χ0n) is 20.5. The van der Waals surface area contributed by atoms with E-state index in [-0.39, 0.29) is 25.0 Å². The number of amides is 1. The van der Waals surface area contributed by atoms with Gasteiger partial charge < -0.3 is 14.8 Å². The van der Waals surface area contributed by atoms with Crippen LogP contribution in [-0.2, 0) is 16.0 Å². The van der Waals surface area contributed by atoms with E-state index in [9.17, 15) is 14.7 Å². The molecule has 0 saturated carbocycles. The van der Waals surface area contributed by atoms with Crippen LogP contribution in [0, 0.1) is 0 Å². The van der Waals surface area contributed by atoms with Crippen LogP contribution in [0.5, 0.6) is 0 Å². The molecule has 0 bridgehead atoms.